The third-order valence-electron chi connectivity index (χ3n) is 4.05. The van der Waals surface area contributed by atoms with Gasteiger partial charge in [-0.3, -0.25) is 9.89 Å². The number of likely N-dealkylation sites (tertiary alicyclic amines) is 1. The van der Waals surface area contributed by atoms with Gasteiger partial charge in [0.25, 0.3) is 5.91 Å². The molecule has 20 heavy (non-hydrogen) atoms. The quantitative estimate of drug-likeness (QED) is 0.910. The van der Waals surface area contributed by atoms with Crippen LogP contribution in [0.4, 0.5) is 0 Å². The molecular weight excluding hydrogens is 258 g/mol. The molecule has 1 saturated carbocycles. The Morgan fingerprint density at radius 3 is 3.00 bits per heavy atom. The van der Waals surface area contributed by atoms with E-state index in [-0.39, 0.29) is 11.8 Å². The van der Waals surface area contributed by atoms with E-state index in [1.165, 1.54) is 19.2 Å². The Morgan fingerprint density at radius 2 is 2.25 bits per heavy atom. The highest BCUT2D eigenvalue weighted by Gasteiger charge is 2.32. The van der Waals surface area contributed by atoms with Crippen LogP contribution >= 0.6 is 0 Å². The summed E-state index contributed by atoms with van der Waals surface area (Å²) in [6.45, 7) is 1.34. The zero-order valence-corrected chi connectivity index (χ0v) is 11.0. The molecule has 1 amide bonds. The maximum absolute atomic E-state index is 12.4. The first kappa shape index (κ1) is 11.6. The van der Waals surface area contributed by atoms with E-state index in [0.717, 1.165) is 12.1 Å². The van der Waals surface area contributed by atoms with Crippen LogP contribution in [0.15, 0.2) is 17.0 Å². The van der Waals surface area contributed by atoms with Crippen LogP contribution in [0.3, 0.4) is 0 Å². The third-order valence-corrected chi connectivity index (χ3v) is 4.05. The van der Waals surface area contributed by atoms with E-state index in [2.05, 4.69) is 20.3 Å². The second kappa shape index (κ2) is 4.43. The van der Waals surface area contributed by atoms with Crippen LogP contribution in [0.2, 0.25) is 0 Å². The summed E-state index contributed by atoms with van der Waals surface area (Å²) < 4.78 is 4.76. The van der Waals surface area contributed by atoms with Gasteiger partial charge in [0.1, 0.15) is 5.69 Å². The summed E-state index contributed by atoms with van der Waals surface area (Å²) in [6, 6.07) is 1.89. The number of nitrogens with one attached hydrogen (secondary N) is 1. The fourth-order valence-corrected chi connectivity index (χ4v) is 2.73. The number of amides is 1. The molecule has 1 aliphatic carbocycles. The van der Waals surface area contributed by atoms with Gasteiger partial charge in [0, 0.05) is 30.6 Å². The highest BCUT2D eigenvalue weighted by Crippen LogP contribution is 2.39. The highest BCUT2D eigenvalue weighted by atomic mass is 16.5. The van der Waals surface area contributed by atoms with Crippen molar-refractivity contribution >= 4 is 5.91 Å². The molecule has 3 heterocycles. The van der Waals surface area contributed by atoms with Crippen LogP contribution in [0, 0.1) is 0 Å². The predicted molar refractivity (Wildman–Crippen MR) is 68.1 cm³/mol. The Morgan fingerprint density at radius 1 is 1.35 bits per heavy atom. The van der Waals surface area contributed by atoms with Crippen molar-refractivity contribution < 1.29 is 9.32 Å². The number of aromatic nitrogens is 4. The van der Waals surface area contributed by atoms with Crippen LogP contribution in [-0.4, -0.2) is 44.2 Å². The van der Waals surface area contributed by atoms with Gasteiger partial charge in [0.2, 0.25) is 6.39 Å². The zero-order valence-electron chi connectivity index (χ0n) is 11.0. The number of hydrogen-bond acceptors (Lipinski definition) is 5. The molecule has 2 aromatic rings. The largest absolute Gasteiger partial charge is 0.343 e. The molecule has 1 N–H and O–H groups in total. The molecule has 7 nitrogen and oxygen atoms in total. The minimum Gasteiger partial charge on any atom is -0.343 e. The fourth-order valence-electron chi connectivity index (χ4n) is 2.73. The van der Waals surface area contributed by atoms with Crippen LogP contribution < -0.4 is 0 Å². The van der Waals surface area contributed by atoms with Crippen molar-refractivity contribution in [3.05, 3.63) is 29.7 Å². The van der Waals surface area contributed by atoms with Gasteiger partial charge in [0.15, 0.2) is 5.82 Å². The number of aromatic amines is 1. The van der Waals surface area contributed by atoms with Gasteiger partial charge in [-0.05, 0) is 25.3 Å². The van der Waals surface area contributed by atoms with Crippen molar-refractivity contribution in [2.45, 2.75) is 31.1 Å². The lowest BCUT2D eigenvalue weighted by Crippen LogP contribution is -2.28. The first-order valence-corrected chi connectivity index (χ1v) is 6.92. The molecule has 1 atom stereocenters. The minimum atomic E-state index is -0.0147. The molecule has 0 unspecified atom stereocenters. The summed E-state index contributed by atoms with van der Waals surface area (Å²) >= 11 is 0. The van der Waals surface area contributed by atoms with E-state index >= 15 is 0 Å². The fraction of sp³-hybridized carbons (Fsp3) is 0.538. The summed E-state index contributed by atoms with van der Waals surface area (Å²) in [5.74, 6) is 1.41. The van der Waals surface area contributed by atoms with Crippen LogP contribution in [0.5, 0.6) is 0 Å². The van der Waals surface area contributed by atoms with Gasteiger partial charge in [-0.25, -0.2) is 0 Å². The Labute approximate surface area is 115 Å². The van der Waals surface area contributed by atoms with Gasteiger partial charge in [-0.15, -0.1) is 0 Å². The van der Waals surface area contributed by atoms with Crippen LogP contribution in [-0.2, 0) is 0 Å². The highest BCUT2D eigenvalue weighted by molar-refractivity contribution is 5.92. The van der Waals surface area contributed by atoms with Gasteiger partial charge in [-0.1, -0.05) is 5.16 Å². The van der Waals surface area contributed by atoms with E-state index in [1.54, 1.807) is 0 Å². The van der Waals surface area contributed by atoms with Gasteiger partial charge in [0.05, 0.1) is 0 Å². The number of carbonyl (C=O) groups is 1. The molecule has 0 bridgehead atoms. The normalized spacial score (nSPS) is 22.4. The molecule has 0 spiro atoms. The second-order valence-electron chi connectivity index (χ2n) is 5.51. The van der Waals surface area contributed by atoms with Crippen LogP contribution in [0.25, 0.3) is 0 Å². The molecule has 7 heteroatoms. The van der Waals surface area contributed by atoms with Gasteiger partial charge < -0.3 is 9.42 Å². The lowest BCUT2D eigenvalue weighted by atomic mass is 10.1. The lowest BCUT2D eigenvalue weighted by molar-refractivity contribution is 0.0784. The Hall–Kier alpha value is -2.18. The number of nitrogens with zero attached hydrogens (tertiary/aromatic N) is 4. The lowest BCUT2D eigenvalue weighted by Gasteiger charge is -2.13. The van der Waals surface area contributed by atoms with Crippen LogP contribution in [0.1, 0.15) is 53.1 Å². The van der Waals surface area contributed by atoms with E-state index < -0.39 is 0 Å². The Balaban J connectivity index is 1.46. The average molecular weight is 273 g/mol. The standard InChI is InChI=1S/C13H15N5O2/c19-13(11-5-10(15-16-11)8-1-2-8)18-4-3-9(6-18)12-14-7-20-17-12/h5,7-9H,1-4,6H2,(H,15,16)/t9-/m0/s1. The van der Waals surface area contributed by atoms with Gasteiger partial charge in [-0.2, -0.15) is 10.1 Å². The molecule has 1 aliphatic heterocycles. The average Bonchev–Trinajstić information content (AvgIpc) is 2.97. The monoisotopic (exact) mass is 273 g/mol. The van der Waals surface area contributed by atoms with E-state index in [1.807, 2.05) is 11.0 Å². The summed E-state index contributed by atoms with van der Waals surface area (Å²) in [4.78, 5) is 18.3. The SMILES string of the molecule is O=C(c1cc(C2CC2)[nH]n1)N1CC[C@H](c2ncon2)C1. The third kappa shape index (κ3) is 1.99. The molecule has 4 rings (SSSR count). The summed E-state index contributed by atoms with van der Waals surface area (Å²) in [5, 5.41) is 11.0. The molecule has 2 fully saturated rings. The van der Waals surface area contributed by atoms with Crippen molar-refractivity contribution in [3.8, 4) is 0 Å². The molecule has 0 radical (unpaired) electrons. The predicted octanol–water partition coefficient (Wildman–Crippen LogP) is 1.30. The zero-order chi connectivity index (χ0) is 13.5. The second-order valence-corrected chi connectivity index (χ2v) is 5.51. The van der Waals surface area contributed by atoms with Crippen molar-refractivity contribution in [3.63, 3.8) is 0 Å². The molecule has 0 aromatic carbocycles. The minimum absolute atomic E-state index is 0.0147. The first-order chi connectivity index (χ1) is 9.81. The van der Waals surface area contributed by atoms with Crippen molar-refractivity contribution in [2.24, 2.45) is 0 Å². The summed E-state index contributed by atoms with van der Waals surface area (Å²) in [6.07, 6.45) is 4.58. The Kier molecular flexibility index (Phi) is 2.58. The Bertz CT molecular complexity index is 617. The number of hydrogen-bond donors (Lipinski definition) is 1. The molecule has 2 aliphatic rings. The molecule has 2 aromatic heterocycles. The van der Waals surface area contributed by atoms with E-state index in [0.29, 0.717) is 30.5 Å². The van der Waals surface area contributed by atoms with Crippen molar-refractivity contribution in [1.82, 2.24) is 25.2 Å². The van der Waals surface area contributed by atoms with E-state index in [9.17, 15) is 4.79 Å². The summed E-state index contributed by atoms with van der Waals surface area (Å²) in [7, 11) is 0. The van der Waals surface area contributed by atoms with Crippen molar-refractivity contribution in [1.29, 1.82) is 0 Å². The molecule has 1 saturated heterocycles. The van der Waals surface area contributed by atoms with Gasteiger partial charge >= 0.3 is 0 Å². The number of H-pyrrole nitrogens is 1. The number of carbonyl (C=O) groups excluding carboxylic acids is 1. The van der Waals surface area contributed by atoms with E-state index in [4.69, 9.17) is 4.52 Å². The van der Waals surface area contributed by atoms with Crippen molar-refractivity contribution in [2.75, 3.05) is 13.1 Å². The maximum Gasteiger partial charge on any atom is 0.274 e. The summed E-state index contributed by atoms with van der Waals surface area (Å²) in [5.41, 5.74) is 1.60. The molecule has 104 valence electrons. The maximum atomic E-state index is 12.4. The number of rotatable bonds is 3. The first-order valence-electron chi connectivity index (χ1n) is 6.92. The smallest absolute Gasteiger partial charge is 0.274 e. The molecular formula is C13H15N5O2. The topological polar surface area (TPSA) is 87.9 Å².